The van der Waals surface area contributed by atoms with E-state index in [1.54, 1.807) is 12.1 Å². The molecule has 6 rings (SSSR count). The first-order valence-corrected chi connectivity index (χ1v) is 29.8. The van der Waals surface area contributed by atoms with Crippen molar-refractivity contribution in [1.82, 2.24) is 26.6 Å². The second-order valence-corrected chi connectivity index (χ2v) is 22.6. The molecule has 5 saturated heterocycles. The molecule has 25 atom stereocenters. The molecule has 5 aliphatic rings. The Morgan fingerprint density at radius 3 is 1.15 bits per heavy atom. The minimum Gasteiger partial charge on any atom is -0.494 e. The summed E-state index contributed by atoms with van der Waals surface area (Å²) in [4.78, 5) is 64.1. The molecular weight excluding hydrogens is 1170 g/mol. The fourth-order valence-corrected chi connectivity index (χ4v) is 11.4. The van der Waals surface area contributed by atoms with E-state index >= 15 is 0 Å². The van der Waals surface area contributed by atoms with Gasteiger partial charge in [-0.05, 0) is 24.6 Å². The van der Waals surface area contributed by atoms with Gasteiger partial charge in [0.05, 0.1) is 39.6 Å². The van der Waals surface area contributed by atoms with Gasteiger partial charge in [0.2, 0.25) is 23.6 Å². The topological polar surface area (TPSA) is 481 Å². The number of unbranched alkanes of at least 4 members (excludes halogenated alkanes) is 8. The van der Waals surface area contributed by atoms with Crippen LogP contribution in [-0.4, -0.2) is 284 Å². The number of ether oxygens (including phenoxy) is 10. The van der Waals surface area contributed by atoms with Crippen molar-refractivity contribution in [3.63, 3.8) is 0 Å². The molecule has 0 saturated carbocycles. The molecule has 502 valence electrons. The van der Waals surface area contributed by atoms with Crippen molar-refractivity contribution in [3.05, 3.63) is 29.8 Å². The number of hydrogen-bond donors (Lipinski definition) is 17. The maximum Gasteiger partial charge on any atom is 0.251 e. The van der Waals surface area contributed by atoms with Crippen LogP contribution in [0.1, 0.15) is 103 Å². The van der Waals surface area contributed by atoms with Gasteiger partial charge in [0.25, 0.3) is 5.91 Å². The summed E-state index contributed by atoms with van der Waals surface area (Å²) in [5.41, 5.74) is 0.0716. The van der Waals surface area contributed by atoms with Gasteiger partial charge in [-0.3, -0.25) is 24.0 Å². The lowest BCUT2D eigenvalue weighted by Crippen LogP contribution is -2.72. The predicted molar refractivity (Wildman–Crippen MR) is 297 cm³/mol. The maximum absolute atomic E-state index is 13.9. The van der Waals surface area contributed by atoms with Crippen LogP contribution in [0.5, 0.6) is 5.75 Å². The van der Waals surface area contributed by atoms with Crippen LogP contribution in [0.4, 0.5) is 0 Å². The standard InChI is InChI=1S/C56H91N5O27/c1-6-7-8-9-10-11-12-13-14-18-79-30-17-15-16-29(19-30)51(77)61-37-42(72)41(71)31(20-62)81-53(37)86-48-33(22-64)83-55(39(44(48)74)59-27(4)69)88-50-35(24-66)84-56(40(46(50)76)60-28(5)70)87-49-34(23-65)82-54(38(45(49)75)58-26(3)68)85-47-32(21-63)80-52(78)36(43(47)73)57-25(2)67/h15-17,19,31-50,52-56,62-66,71-76,78H,6-14,18,20-24H2,1-5H3,(H,57,67)(H,58,68)(H,59,69)(H,60,70)(H,61,77)/t31?,32?,33-,34-,35?,36-,37-,38?,39?,40-,41+,42+,43+,44?,45?,46+,47?,48+,49+,50?,52+,53?,54?,55?,56?/m0/s1. The van der Waals surface area contributed by atoms with Crippen LogP contribution in [0.25, 0.3) is 0 Å². The number of nitrogens with one attached hydrogen (secondary N) is 5. The molecule has 0 bridgehead atoms. The molecule has 0 radical (unpaired) electrons. The van der Waals surface area contributed by atoms with Gasteiger partial charge in [-0.2, -0.15) is 0 Å². The fraction of sp³-hybridized carbons (Fsp3) is 0.804. The van der Waals surface area contributed by atoms with E-state index in [0.29, 0.717) is 12.4 Å². The van der Waals surface area contributed by atoms with Gasteiger partial charge in [-0.25, -0.2) is 0 Å². The van der Waals surface area contributed by atoms with Crippen molar-refractivity contribution < 1.29 is 133 Å². The average molecular weight is 1270 g/mol. The molecule has 88 heavy (non-hydrogen) atoms. The highest BCUT2D eigenvalue weighted by molar-refractivity contribution is 5.94. The average Bonchev–Trinajstić information content (AvgIpc) is 1.44. The van der Waals surface area contributed by atoms with E-state index in [4.69, 9.17) is 47.4 Å². The third-order valence-corrected chi connectivity index (χ3v) is 15.9. The molecule has 5 amide bonds. The second-order valence-electron chi connectivity index (χ2n) is 22.6. The van der Waals surface area contributed by atoms with Gasteiger partial charge in [-0.15, -0.1) is 0 Å². The highest BCUT2D eigenvalue weighted by atomic mass is 16.8. The Morgan fingerprint density at radius 2 is 0.761 bits per heavy atom. The molecule has 5 heterocycles. The van der Waals surface area contributed by atoms with Crippen molar-refractivity contribution in [2.45, 2.75) is 246 Å². The van der Waals surface area contributed by atoms with Gasteiger partial charge in [0.1, 0.15) is 128 Å². The first kappa shape index (κ1) is 72.6. The van der Waals surface area contributed by atoms with Crippen molar-refractivity contribution >= 4 is 29.5 Å². The largest absolute Gasteiger partial charge is 0.494 e. The summed E-state index contributed by atoms with van der Waals surface area (Å²) in [6.07, 6.45) is -25.8. The molecule has 32 nitrogen and oxygen atoms in total. The smallest absolute Gasteiger partial charge is 0.251 e. The van der Waals surface area contributed by atoms with Crippen LogP contribution in [-0.2, 0) is 61.8 Å². The third kappa shape index (κ3) is 18.8. The van der Waals surface area contributed by atoms with Crippen LogP contribution in [0.2, 0.25) is 0 Å². The quantitative estimate of drug-likeness (QED) is 0.0319. The number of hydrogen-bond acceptors (Lipinski definition) is 27. The lowest BCUT2D eigenvalue weighted by atomic mass is 9.93. The van der Waals surface area contributed by atoms with E-state index in [1.165, 1.54) is 44.2 Å². The number of amides is 5. The molecule has 17 N–H and O–H groups in total. The molecule has 13 unspecified atom stereocenters. The normalized spacial score (nSPS) is 37.7. The van der Waals surface area contributed by atoms with E-state index < -0.39 is 216 Å². The molecule has 32 heteroatoms. The van der Waals surface area contributed by atoms with Gasteiger partial charge in [0, 0.05) is 33.3 Å². The van der Waals surface area contributed by atoms with Crippen LogP contribution < -0.4 is 31.3 Å². The molecule has 1 aromatic carbocycles. The monoisotopic (exact) mass is 1270 g/mol. The highest BCUT2D eigenvalue weighted by Crippen LogP contribution is 2.36. The lowest BCUT2D eigenvalue weighted by Gasteiger charge is -2.51. The molecule has 5 fully saturated rings. The Kier molecular flexibility index (Phi) is 28.7. The first-order chi connectivity index (χ1) is 42.0. The maximum atomic E-state index is 13.9. The Labute approximate surface area is 508 Å². The SMILES string of the molecule is CCCCCCCCCCCOc1cccc(C(=O)N[C@@H]2C(O[C@H]3C(O)C(NC(C)=O)C(OC4C(CO)OC(O[C@H]5C(O)C(NC(C)=O)C(OC6C(CO)O[C@@H](O)[C@@H](NC(C)=O)[C@H]6O)O[C@H]5CO)[C@@H](NC(C)=O)[C@H]4O)O[C@H]3CO)OC(CO)[C@@H](O)[C@@H]2O)c1. The van der Waals surface area contributed by atoms with E-state index in [9.17, 15) is 85.3 Å². The number of rotatable bonds is 30. The molecular formula is C56H91N5O27. The van der Waals surface area contributed by atoms with Crippen molar-refractivity contribution in [2.75, 3.05) is 39.6 Å². The highest BCUT2D eigenvalue weighted by Gasteiger charge is 2.58. The van der Waals surface area contributed by atoms with E-state index in [0.717, 1.165) is 53.4 Å². The molecule has 0 spiro atoms. The summed E-state index contributed by atoms with van der Waals surface area (Å²) >= 11 is 0. The molecule has 0 aliphatic carbocycles. The van der Waals surface area contributed by atoms with Crippen LogP contribution in [0.3, 0.4) is 0 Å². The third-order valence-electron chi connectivity index (χ3n) is 15.9. The summed E-state index contributed by atoms with van der Waals surface area (Å²) < 4.78 is 59.9. The summed E-state index contributed by atoms with van der Waals surface area (Å²) in [5, 5.41) is 145. The van der Waals surface area contributed by atoms with Crippen molar-refractivity contribution in [1.29, 1.82) is 0 Å². The molecule has 5 aliphatic heterocycles. The minimum absolute atomic E-state index is 0.0716. The number of aliphatic hydroxyl groups is 12. The van der Waals surface area contributed by atoms with E-state index in [2.05, 4.69) is 33.5 Å². The van der Waals surface area contributed by atoms with Gasteiger partial charge < -0.3 is 135 Å². The lowest BCUT2D eigenvalue weighted by molar-refractivity contribution is -0.367. The Balaban J connectivity index is 1.18. The van der Waals surface area contributed by atoms with Crippen LogP contribution >= 0.6 is 0 Å². The number of aliphatic hydroxyl groups excluding tert-OH is 12. The summed E-state index contributed by atoms with van der Waals surface area (Å²) in [6, 6.07) is -2.10. The van der Waals surface area contributed by atoms with E-state index in [1.807, 2.05) is 0 Å². The Bertz CT molecular complexity index is 2350. The fourth-order valence-electron chi connectivity index (χ4n) is 11.4. The van der Waals surface area contributed by atoms with E-state index in [-0.39, 0.29) is 5.56 Å². The zero-order valence-electron chi connectivity index (χ0n) is 49.8. The first-order valence-electron chi connectivity index (χ1n) is 29.8. The van der Waals surface area contributed by atoms with Crippen molar-refractivity contribution in [3.8, 4) is 5.75 Å². The molecule has 1 aromatic rings. The van der Waals surface area contributed by atoms with Crippen molar-refractivity contribution in [2.24, 2.45) is 0 Å². The zero-order chi connectivity index (χ0) is 64.5. The van der Waals surface area contributed by atoms with Gasteiger partial charge >= 0.3 is 0 Å². The van der Waals surface area contributed by atoms with Crippen LogP contribution in [0, 0.1) is 0 Å². The van der Waals surface area contributed by atoms with Crippen LogP contribution in [0.15, 0.2) is 24.3 Å². The predicted octanol–water partition coefficient (Wildman–Crippen LogP) is -6.00. The number of carbonyl (C=O) groups excluding carboxylic acids is 5. The Morgan fingerprint density at radius 1 is 0.420 bits per heavy atom. The van der Waals surface area contributed by atoms with Gasteiger partial charge in [-0.1, -0.05) is 64.4 Å². The Hall–Kier alpha value is -4.47. The number of carbonyl (C=O) groups is 5. The zero-order valence-corrected chi connectivity index (χ0v) is 49.8. The molecule has 0 aromatic heterocycles. The summed E-state index contributed by atoms with van der Waals surface area (Å²) in [7, 11) is 0. The minimum atomic E-state index is -2.03. The second kappa shape index (κ2) is 34.8. The van der Waals surface area contributed by atoms with Gasteiger partial charge in [0.15, 0.2) is 31.5 Å². The number of benzene rings is 1. The summed E-state index contributed by atoms with van der Waals surface area (Å²) in [6.45, 7) is 2.10. The summed E-state index contributed by atoms with van der Waals surface area (Å²) in [5.74, 6) is -3.50.